The van der Waals surface area contributed by atoms with Crippen LogP contribution in [-0.2, 0) is 9.59 Å². The molecule has 1 aliphatic rings. The Balaban J connectivity index is 2.17. The minimum Gasteiger partial charge on any atom is -0.493 e. The maximum Gasteiger partial charge on any atom is 0.326 e. The third-order valence-electron chi connectivity index (χ3n) is 4.06. The number of hydrogen-bond donors (Lipinski definition) is 1. The molecule has 1 heterocycles. The molecule has 2 rings (SSSR count). The number of aliphatic carboxylic acids is 1. The SMILES string of the molecule is CCCCCOc1ccc(/C=C2\SC(=S)N([C@@H](C)C(=O)O)C2=O)cc1OC. The van der Waals surface area contributed by atoms with Crippen molar-refractivity contribution in [2.24, 2.45) is 0 Å². The molecule has 6 nitrogen and oxygen atoms in total. The predicted molar refractivity (Wildman–Crippen MR) is 110 cm³/mol. The van der Waals surface area contributed by atoms with E-state index in [4.69, 9.17) is 26.8 Å². The van der Waals surface area contributed by atoms with Crippen LogP contribution in [0.3, 0.4) is 0 Å². The summed E-state index contributed by atoms with van der Waals surface area (Å²) in [5.41, 5.74) is 0.747. The van der Waals surface area contributed by atoms with E-state index in [1.807, 2.05) is 6.07 Å². The van der Waals surface area contributed by atoms with Gasteiger partial charge in [-0.3, -0.25) is 9.69 Å². The van der Waals surface area contributed by atoms with Gasteiger partial charge in [-0.25, -0.2) is 4.79 Å². The van der Waals surface area contributed by atoms with Crippen LogP contribution in [0.2, 0.25) is 0 Å². The molecule has 8 heteroatoms. The Morgan fingerprint density at radius 1 is 1.37 bits per heavy atom. The fraction of sp³-hybridized carbons (Fsp3) is 0.421. The van der Waals surface area contributed by atoms with Crippen LogP contribution in [-0.4, -0.2) is 46.0 Å². The molecule has 1 N–H and O–H groups in total. The first-order valence-electron chi connectivity index (χ1n) is 8.69. The van der Waals surface area contributed by atoms with E-state index in [9.17, 15) is 9.59 Å². The molecule has 1 fully saturated rings. The van der Waals surface area contributed by atoms with Crippen LogP contribution in [0.1, 0.15) is 38.7 Å². The highest BCUT2D eigenvalue weighted by atomic mass is 32.2. The summed E-state index contributed by atoms with van der Waals surface area (Å²) in [4.78, 5) is 25.2. The van der Waals surface area contributed by atoms with E-state index in [1.54, 1.807) is 25.3 Å². The summed E-state index contributed by atoms with van der Waals surface area (Å²) >= 11 is 6.26. The van der Waals surface area contributed by atoms with Gasteiger partial charge in [0, 0.05) is 0 Å². The summed E-state index contributed by atoms with van der Waals surface area (Å²) in [6.45, 7) is 4.19. The van der Waals surface area contributed by atoms with Crippen molar-refractivity contribution in [3.8, 4) is 11.5 Å². The third-order valence-corrected chi connectivity index (χ3v) is 5.39. The number of carbonyl (C=O) groups excluding carboxylic acids is 1. The molecule has 0 unspecified atom stereocenters. The molecule has 0 saturated carbocycles. The van der Waals surface area contributed by atoms with Crippen LogP contribution in [0.4, 0.5) is 0 Å². The lowest BCUT2D eigenvalue weighted by atomic mass is 10.1. The van der Waals surface area contributed by atoms with Gasteiger partial charge in [0.2, 0.25) is 0 Å². The van der Waals surface area contributed by atoms with Crippen LogP contribution in [0, 0.1) is 0 Å². The summed E-state index contributed by atoms with van der Waals surface area (Å²) in [5, 5.41) is 9.14. The van der Waals surface area contributed by atoms with Crippen molar-refractivity contribution >= 4 is 46.3 Å². The average Bonchev–Trinajstić information content (AvgIpc) is 2.92. The maximum absolute atomic E-state index is 12.5. The Labute approximate surface area is 168 Å². The molecule has 1 aromatic rings. The summed E-state index contributed by atoms with van der Waals surface area (Å²) in [7, 11) is 1.56. The molecule has 1 aliphatic heterocycles. The van der Waals surface area contributed by atoms with E-state index in [0.717, 1.165) is 41.5 Å². The van der Waals surface area contributed by atoms with E-state index in [-0.39, 0.29) is 4.32 Å². The number of nitrogens with zero attached hydrogens (tertiary/aromatic N) is 1. The highest BCUT2D eigenvalue weighted by Crippen LogP contribution is 2.35. The highest BCUT2D eigenvalue weighted by molar-refractivity contribution is 8.26. The zero-order chi connectivity index (χ0) is 20.0. The Bertz CT molecular complexity index is 762. The molecular weight excluding hydrogens is 386 g/mol. The van der Waals surface area contributed by atoms with Gasteiger partial charge in [0.05, 0.1) is 18.6 Å². The first-order chi connectivity index (χ1) is 12.9. The van der Waals surface area contributed by atoms with Crippen molar-refractivity contribution < 1.29 is 24.2 Å². The van der Waals surface area contributed by atoms with Crippen LogP contribution in [0.15, 0.2) is 23.1 Å². The molecule has 0 aliphatic carbocycles. The fourth-order valence-electron chi connectivity index (χ4n) is 2.50. The molecule has 0 spiro atoms. The largest absolute Gasteiger partial charge is 0.493 e. The zero-order valence-corrected chi connectivity index (χ0v) is 17.2. The van der Waals surface area contributed by atoms with Crippen molar-refractivity contribution in [3.63, 3.8) is 0 Å². The lowest BCUT2D eigenvalue weighted by molar-refractivity contribution is -0.144. The van der Waals surface area contributed by atoms with Crippen molar-refractivity contribution in [2.45, 2.75) is 39.2 Å². The lowest BCUT2D eigenvalue weighted by Crippen LogP contribution is -2.41. The van der Waals surface area contributed by atoms with Gasteiger partial charge >= 0.3 is 5.97 Å². The minimum absolute atomic E-state index is 0.240. The molecule has 1 amide bonds. The number of amides is 1. The summed E-state index contributed by atoms with van der Waals surface area (Å²) in [6.07, 6.45) is 4.89. The number of carbonyl (C=O) groups is 2. The number of unbranched alkanes of at least 4 members (excludes halogenated alkanes) is 2. The molecule has 146 valence electrons. The maximum atomic E-state index is 12.5. The molecule has 0 bridgehead atoms. The van der Waals surface area contributed by atoms with Crippen LogP contribution in [0.25, 0.3) is 6.08 Å². The van der Waals surface area contributed by atoms with Gasteiger partial charge in [-0.05, 0) is 37.1 Å². The molecule has 0 aromatic heterocycles. The number of carboxylic acids is 1. The van der Waals surface area contributed by atoms with E-state index in [2.05, 4.69) is 6.92 Å². The van der Waals surface area contributed by atoms with Gasteiger partial charge in [0.25, 0.3) is 5.91 Å². The first kappa shape index (κ1) is 21.2. The topological polar surface area (TPSA) is 76.1 Å². The van der Waals surface area contributed by atoms with Crippen LogP contribution < -0.4 is 9.47 Å². The van der Waals surface area contributed by atoms with E-state index < -0.39 is 17.9 Å². The van der Waals surface area contributed by atoms with Gasteiger partial charge in [0.1, 0.15) is 10.4 Å². The van der Waals surface area contributed by atoms with Gasteiger partial charge in [-0.1, -0.05) is 49.8 Å². The molecule has 1 saturated heterocycles. The number of thioether (sulfide) groups is 1. The van der Waals surface area contributed by atoms with Gasteiger partial charge < -0.3 is 14.6 Å². The zero-order valence-electron chi connectivity index (χ0n) is 15.6. The summed E-state index contributed by atoms with van der Waals surface area (Å²) in [5.74, 6) is -0.273. The molecule has 0 radical (unpaired) electrons. The molecule has 1 atom stereocenters. The normalized spacial score (nSPS) is 16.7. The summed E-state index contributed by atoms with van der Waals surface area (Å²) in [6, 6.07) is 4.40. The number of thiocarbonyl (C=S) groups is 1. The average molecular weight is 410 g/mol. The smallest absolute Gasteiger partial charge is 0.326 e. The van der Waals surface area contributed by atoms with E-state index in [0.29, 0.717) is 23.0 Å². The second-order valence-electron chi connectivity index (χ2n) is 6.03. The number of hydrogen-bond acceptors (Lipinski definition) is 6. The summed E-state index contributed by atoms with van der Waals surface area (Å²) < 4.78 is 11.4. The predicted octanol–water partition coefficient (Wildman–Crippen LogP) is 3.94. The van der Waals surface area contributed by atoms with Gasteiger partial charge in [0.15, 0.2) is 11.5 Å². The van der Waals surface area contributed by atoms with E-state index >= 15 is 0 Å². The van der Waals surface area contributed by atoms with Gasteiger partial charge in [-0.2, -0.15) is 0 Å². The van der Waals surface area contributed by atoms with Crippen LogP contribution >= 0.6 is 24.0 Å². The number of ether oxygens (including phenoxy) is 2. The van der Waals surface area contributed by atoms with Crippen molar-refractivity contribution in [1.82, 2.24) is 4.90 Å². The van der Waals surface area contributed by atoms with Crippen molar-refractivity contribution in [2.75, 3.05) is 13.7 Å². The second-order valence-corrected chi connectivity index (χ2v) is 7.71. The molecule has 1 aromatic carbocycles. The number of carboxylic acid groups (broad SMARTS) is 1. The second kappa shape index (κ2) is 9.75. The third kappa shape index (κ3) is 5.23. The lowest BCUT2D eigenvalue weighted by Gasteiger charge is -2.18. The Morgan fingerprint density at radius 3 is 2.74 bits per heavy atom. The standard InChI is InChI=1S/C19H23NO5S2/c1-4-5-6-9-25-14-8-7-13(10-15(14)24-3)11-16-17(21)20(19(26)27-16)12(2)18(22)23/h7-8,10-12H,4-6,9H2,1-3H3,(H,22,23)/b16-11-/t12-/m0/s1. The Kier molecular flexibility index (Phi) is 7.67. The monoisotopic (exact) mass is 409 g/mol. The number of benzene rings is 1. The number of methoxy groups -OCH3 is 1. The van der Waals surface area contributed by atoms with Gasteiger partial charge in [-0.15, -0.1) is 0 Å². The Hall–Kier alpha value is -2.06. The van der Waals surface area contributed by atoms with Crippen molar-refractivity contribution in [3.05, 3.63) is 28.7 Å². The molecule has 27 heavy (non-hydrogen) atoms. The first-order valence-corrected chi connectivity index (χ1v) is 9.92. The minimum atomic E-state index is -1.10. The van der Waals surface area contributed by atoms with Crippen LogP contribution in [0.5, 0.6) is 11.5 Å². The Morgan fingerprint density at radius 2 is 2.11 bits per heavy atom. The van der Waals surface area contributed by atoms with E-state index in [1.165, 1.54) is 6.92 Å². The number of rotatable bonds is 9. The molecular formula is C19H23NO5S2. The highest BCUT2D eigenvalue weighted by Gasteiger charge is 2.38. The quantitative estimate of drug-likeness (QED) is 0.376. The fourth-order valence-corrected chi connectivity index (χ4v) is 3.92. The van der Waals surface area contributed by atoms with Crippen molar-refractivity contribution in [1.29, 1.82) is 0 Å².